The van der Waals surface area contributed by atoms with E-state index in [9.17, 15) is 4.79 Å². The summed E-state index contributed by atoms with van der Waals surface area (Å²) in [4.78, 5) is 12.3. The number of carbonyl (C=O) groups is 1. The molecule has 2 heterocycles. The summed E-state index contributed by atoms with van der Waals surface area (Å²) in [5.74, 6) is 0.251. The molecule has 2 aromatic rings. The summed E-state index contributed by atoms with van der Waals surface area (Å²) in [5.41, 5.74) is 3.14. The van der Waals surface area contributed by atoms with Gasteiger partial charge < -0.3 is 9.47 Å². The largest absolute Gasteiger partial charge is 0.477 e. The van der Waals surface area contributed by atoms with E-state index in [1.165, 1.54) is 0 Å². The third kappa shape index (κ3) is 2.47. The first-order chi connectivity index (χ1) is 10.6. The fraction of sp³-hybridized carbons (Fsp3) is 0.412. The van der Waals surface area contributed by atoms with Crippen molar-refractivity contribution >= 4 is 5.97 Å². The fourth-order valence-electron chi connectivity index (χ4n) is 2.63. The highest BCUT2D eigenvalue weighted by Crippen LogP contribution is 2.38. The van der Waals surface area contributed by atoms with Crippen molar-refractivity contribution in [2.45, 2.75) is 33.2 Å². The van der Waals surface area contributed by atoms with Crippen LogP contribution in [0.4, 0.5) is 0 Å². The van der Waals surface area contributed by atoms with Gasteiger partial charge in [-0.25, -0.2) is 9.48 Å². The Bertz CT molecular complexity index is 689. The number of esters is 1. The number of nitrogens with zero attached hydrogens (tertiary/aromatic N) is 2. The molecule has 1 aromatic carbocycles. The molecular weight excluding hydrogens is 280 g/mol. The second-order valence-corrected chi connectivity index (χ2v) is 5.55. The molecule has 1 aliphatic rings. The van der Waals surface area contributed by atoms with E-state index in [-0.39, 0.29) is 6.04 Å². The molecule has 1 atom stereocenters. The smallest absolute Gasteiger partial charge is 0.359 e. The summed E-state index contributed by atoms with van der Waals surface area (Å²) in [6.07, 6.45) is 0.879. The first-order valence-corrected chi connectivity index (χ1v) is 7.61. The minimum absolute atomic E-state index is 0.205. The van der Waals surface area contributed by atoms with Gasteiger partial charge in [-0.05, 0) is 26.3 Å². The van der Waals surface area contributed by atoms with Gasteiger partial charge in [0, 0.05) is 6.42 Å². The molecule has 0 aliphatic carbocycles. The highest BCUT2D eigenvalue weighted by molar-refractivity contribution is 5.97. The van der Waals surface area contributed by atoms with Gasteiger partial charge in [0.2, 0.25) is 5.88 Å². The second-order valence-electron chi connectivity index (χ2n) is 5.55. The Hall–Kier alpha value is -2.30. The van der Waals surface area contributed by atoms with Crippen LogP contribution in [0.15, 0.2) is 24.3 Å². The minimum Gasteiger partial charge on any atom is -0.477 e. The molecule has 3 rings (SSSR count). The van der Waals surface area contributed by atoms with Crippen LogP contribution in [0.2, 0.25) is 0 Å². The normalized spacial score (nSPS) is 16.8. The van der Waals surface area contributed by atoms with E-state index in [1.54, 1.807) is 11.6 Å². The van der Waals surface area contributed by atoms with Gasteiger partial charge in [-0.2, -0.15) is 5.10 Å². The molecular formula is C17H20N2O3. The quantitative estimate of drug-likeness (QED) is 0.815. The predicted octanol–water partition coefficient (Wildman–Crippen LogP) is 3.38. The lowest BCUT2D eigenvalue weighted by Crippen LogP contribution is -2.19. The molecule has 5 heteroatoms. The van der Waals surface area contributed by atoms with Crippen molar-refractivity contribution in [3.63, 3.8) is 0 Å². The van der Waals surface area contributed by atoms with E-state index in [0.717, 1.165) is 23.1 Å². The number of aromatic nitrogens is 2. The Morgan fingerprint density at radius 1 is 1.41 bits per heavy atom. The molecule has 0 radical (unpaired) electrons. The first kappa shape index (κ1) is 14.6. The molecule has 0 saturated carbocycles. The molecule has 0 N–H and O–H groups in total. The number of benzene rings is 1. The highest BCUT2D eigenvalue weighted by atomic mass is 16.5. The lowest BCUT2D eigenvalue weighted by molar-refractivity contribution is 0.0519. The van der Waals surface area contributed by atoms with Crippen molar-refractivity contribution in [3.05, 3.63) is 35.5 Å². The molecule has 22 heavy (non-hydrogen) atoms. The lowest BCUT2D eigenvalue weighted by atomic mass is 10.0. The topological polar surface area (TPSA) is 53.3 Å². The molecule has 0 fully saturated rings. The van der Waals surface area contributed by atoms with Crippen molar-refractivity contribution < 1.29 is 14.3 Å². The maximum absolute atomic E-state index is 12.3. The van der Waals surface area contributed by atoms with E-state index >= 15 is 0 Å². The van der Waals surface area contributed by atoms with Crippen LogP contribution in [-0.2, 0) is 4.74 Å². The predicted molar refractivity (Wildman–Crippen MR) is 83.2 cm³/mol. The molecule has 1 aliphatic heterocycles. The molecule has 1 unspecified atom stereocenters. The van der Waals surface area contributed by atoms with E-state index in [4.69, 9.17) is 9.47 Å². The van der Waals surface area contributed by atoms with Crippen LogP contribution in [0, 0.1) is 6.92 Å². The van der Waals surface area contributed by atoms with Crippen LogP contribution in [0.25, 0.3) is 11.1 Å². The first-order valence-electron chi connectivity index (χ1n) is 7.61. The number of carbonyl (C=O) groups excluding carboxylic acids is 1. The van der Waals surface area contributed by atoms with E-state index in [1.807, 2.05) is 31.2 Å². The van der Waals surface area contributed by atoms with Gasteiger partial charge in [0.05, 0.1) is 24.8 Å². The lowest BCUT2D eigenvalue weighted by Gasteiger charge is -2.22. The Balaban J connectivity index is 2.16. The highest BCUT2D eigenvalue weighted by Gasteiger charge is 2.30. The molecule has 116 valence electrons. The van der Waals surface area contributed by atoms with Crippen LogP contribution < -0.4 is 4.74 Å². The number of rotatable bonds is 3. The molecule has 0 spiro atoms. The number of hydrogen-bond acceptors (Lipinski definition) is 4. The van der Waals surface area contributed by atoms with Gasteiger partial charge >= 0.3 is 5.97 Å². The van der Waals surface area contributed by atoms with Gasteiger partial charge in [-0.3, -0.25) is 0 Å². The maximum atomic E-state index is 12.3. The number of fused-ring (bicyclic) bond motifs is 1. The van der Waals surface area contributed by atoms with Crippen molar-refractivity contribution in [2.24, 2.45) is 0 Å². The summed E-state index contributed by atoms with van der Waals surface area (Å²) in [6, 6.07) is 8.20. The van der Waals surface area contributed by atoms with Crippen LogP contribution >= 0.6 is 0 Å². The average molecular weight is 300 g/mol. The monoisotopic (exact) mass is 300 g/mol. The maximum Gasteiger partial charge on any atom is 0.359 e. The van der Waals surface area contributed by atoms with Crippen molar-refractivity contribution in [1.29, 1.82) is 0 Å². The molecule has 0 saturated heterocycles. The molecule has 5 nitrogen and oxygen atoms in total. The average Bonchev–Trinajstić information content (AvgIpc) is 2.89. The van der Waals surface area contributed by atoms with E-state index in [0.29, 0.717) is 24.8 Å². The molecule has 1 aromatic heterocycles. The third-order valence-corrected chi connectivity index (χ3v) is 3.87. The second kappa shape index (κ2) is 5.83. The third-order valence-electron chi connectivity index (χ3n) is 3.87. The van der Waals surface area contributed by atoms with Crippen molar-refractivity contribution in [2.75, 3.05) is 13.2 Å². The Labute approximate surface area is 129 Å². The van der Waals surface area contributed by atoms with Crippen LogP contribution in [0.5, 0.6) is 5.88 Å². The number of ether oxygens (including phenoxy) is 2. The zero-order valence-corrected chi connectivity index (χ0v) is 13.1. The summed E-state index contributed by atoms with van der Waals surface area (Å²) in [5, 5.41) is 4.47. The molecule has 0 amide bonds. The molecule has 0 bridgehead atoms. The fourth-order valence-corrected chi connectivity index (χ4v) is 2.63. The van der Waals surface area contributed by atoms with Crippen molar-refractivity contribution in [1.82, 2.24) is 9.78 Å². The number of aryl methyl sites for hydroxylation is 1. The van der Waals surface area contributed by atoms with Gasteiger partial charge in [-0.15, -0.1) is 0 Å². The van der Waals surface area contributed by atoms with Gasteiger partial charge in [0.15, 0.2) is 5.69 Å². The minimum atomic E-state index is -0.407. The number of hydrogen-bond donors (Lipinski definition) is 0. The summed E-state index contributed by atoms with van der Waals surface area (Å²) < 4.78 is 12.8. The Morgan fingerprint density at radius 3 is 2.82 bits per heavy atom. The van der Waals surface area contributed by atoms with Gasteiger partial charge in [0.1, 0.15) is 0 Å². The summed E-state index contributed by atoms with van der Waals surface area (Å²) >= 11 is 0. The summed E-state index contributed by atoms with van der Waals surface area (Å²) in [7, 11) is 0. The van der Waals surface area contributed by atoms with Crippen LogP contribution in [0.3, 0.4) is 0 Å². The Morgan fingerprint density at radius 2 is 2.14 bits per heavy atom. The van der Waals surface area contributed by atoms with Gasteiger partial charge in [-0.1, -0.05) is 29.8 Å². The van der Waals surface area contributed by atoms with Crippen LogP contribution in [0.1, 0.15) is 42.4 Å². The SMILES string of the molecule is CCOC(=O)c1nn2c(c1-c1ccc(C)cc1)OCCC2C. The summed E-state index contributed by atoms with van der Waals surface area (Å²) in [6.45, 7) is 6.85. The van der Waals surface area contributed by atoms with E-state index < -0.39 is 5.97 Å². The zero-order valence-electron chi connectivity index (χ0n) is 13.1. The standard InChI is InChI=1S/C17H20N2O3/c1-4-21-17(20)15-14(13-7-5-11(2)6-8-13)16-19(18-15)12(3)9-10-22-16/h5-8,12H,4,9-10H2,1-3H3. The van der Waals surface area contributed by atoms with Crippen molar-refractivity contribution in [3.8, 4) is 17.0 Å². The Kier molecular flexibility index (Phi) is 3.88. The van der Waals surface area contributed by atoms with E-state index in [2.05, 4.69) is 12.0 Å². The van der Waals surface area contributed by atoms with Gasteiger partial charge in [0.25, 0.3) is 0 Å². The van der Waals surface area contributed by atoms with Crippen LogP contribution in [-0.4, -0.2) is 29.0 Å². The zero-order chi connectivity index (χ0) is 15.7.